The maximum Gasteiger partial charge on any atom is 0.230 e. The number of carbonyl (C=O) groups is 2. The zero-order valence-corrected chi connectivity index (χ0v) is 14.7. The number of nitrogens with zero attached hydrogens (tertiary/aromatic N) is 1. The Kier molecular flexibility index (Phi) is 7.65. The van der Waals surface area contributed by atoms with E-state index in [-0.39, 0.29) is 18.0 Å². The molecule has 7 heteroatoms. The highest BCUT2D eigenvalue weighted by Crippen LogP contribution is 2.25. The number of hydrogen-bond donors (Lipinski definition) is 3. The molecule has 1 unspecified atom stereocenters. The molecule has 0 spiro atoms. The highest BCUT2D eigenvalue weighted by molar-refractivity contribution is 8.00. The first-order chi connectivity index (χ1) is 11.1. The number of hydrogen-bond acceptors (Lipinski definition) is 5. The molecule has 1 saturated carbocycles. The predicted octanol–water partition coefficient (Wildman–Crippen LogP) is 0.412. The van der Waals surface area contributed by atoms with Gasteiger partial charge in [0, 0.05) is 26.2 Å². The molecule has 1 aliphatic heterocycles. The van der Waals surface area contributed by atoms with E-state index in [1.165, 1.54) is 31.0 Å². The molecule has 1 aliphatic carbocycles. The summed E-state index contributed by atoms with van der Waals surface area (Å²) in [6.07, 6.45) is 4.34. The maximum absolute atomic E-state index is 11.7. The molecule has 2 rings (SSSR count). The number of aliphatic hydroxyl groups is 1. The van der Waals surface area contributed by atoms with Crippen LogP contribution < -0.4 is 10.6 Å². The molecule has 1 saturated heterocycles. The Balaban J connectivity index is 1.45. The van der Waals surface area contributed by atoms with Crippen LogP contribution in [0.4, 0.5) is 0 Å². The molecular weight excluding hydrogens is 314 g/mol. The average Bonchev–Trinajstić information content (AvgIpc) is 2.78. The number of nitrogens with one attached hydrogen (secondary N) is 2. The van der Waals surface area contributed by atoms with Gasteiger partial charge in [-0.05, 0) is 31.1 Å². The lowest BCUT2D eigenvalue weighted by Gasteiger charge is -2.25. The minimum absolute atomic E-state index is 0.0175. The third-order valence-electron chi connectivity index (χ3n) is 4.75. The van der Waals surface area contributed by atoms with Crippen LogP contribution >= 0.6 is 11.8 Å². The Labute approximate surface area is 142 Å². The van der Waals surface area contributed by atoms with Gasteiger partial charge in [0.2, 0.25) is 11.8 Å². The van der Waals surface area contributed by atoms with Gasteiger partial charge in [-0.1, -0.05) is 13.3 Å². The second-order valence-corrected chi connectivity index (χ2v) is 7.64. The van der Waals surface area contributed by atoms with Gasteiger partial charge < -0.3 is 15.7 Å². The van der Waals surface area contributed by atoms with Gasteiger partial charge in [0.15, 0.2) is 0 Å². The Morgan fingerprint density at radius 1 is 1.17 bits per heavy atom. The summed E-state index contributed by atoms with van der Waals surface area (Å²) in [5.41, 5.74) is 0. The first-order valence-electron chi connectivity index (χ1n) is 8.59. The minimum Gasteiger partial charge on any atom is -0.378 e. The molecule has 6 nitrogen and oxygen atoms in total. The van der Waals surface area contributed by atoms with Crippen LogP contribution in [-0.4, -0.2) is 65.7 Å². The molecule has 0 aromatic carbocycles. The van der Waals surface area contributed by atoms with Crippen molar-refractivity contribution in [2.24, 2.45) is 11.8 Å². The molecule has 2 fully saturated rings. The second kappa shape index (κ2) is 9.49. The lowest BCUT2D eigenvalue weighted by atomic mass is 9.85. The Morgan fingerprint density at radius 3 is 2.43 bits per heavy atom. The number of thioether (sulfide) groups is 1. The minimum atomic E-state index is -0.388. The van der Waals surface area contributed by atoms with Crippen LogP contribution in [0.3, 0.4) is 0 Å². The van der Waals surface area contributed by atoms with Crippen molar-refractivity contribution in [3.8, 4) is 0 Å². The molecular formula is C16H29N3O3S. The van der Waals surface area contributed by atoms with Crippen molar-refractivity contribution in [2.45, 2.75) is 38.8 Å². The van der Waals surface area contributed by atoms with E-state index in [1.807, 2.05) is 11.8 Å². The largest absolute Gasteiger partial charge is 0.378 e. The third-order valence-corrected chi connectivity index (χ3v) is 5.69. The van der Waals surface area contributed by atoms with Gasteiger partial charge in [-0.15, -0.1) is 11.8 Å². The molecule has 0 aromatic heterocycles. The lowest BCUT2D eigenvalue weighted by molar-refractivity contribution is -0.119. The number of amides is 2. The number of carbonyl (C=O) groups excluding carboxylic acids is 2. The van der Waals surface area contributed by atoms with Gasteiger partial charge in [0.05, 0.1) is 11.5 Å². The summed E-state index contributed by atoms with van der Waals surface area (Å²) in [5.74, 6) is 1.57. The molecule has 2 amide bonds. The van der Waals surface area contributed by atoms with Crippen LogP contribution in [0.15, 0.2) is 0 Å². The van der Waals surface area contributed by atoms with Gasteiger partial charge in [-0.2, -0.15) is 0 Å². The average molecular weight is 343 g/mol. The zero-order chi connectivity index (χ0) is 16.7. The fourth-order valence-corrected chi connectivity index (χ4v) is 3.56. The van der Waals surface area contributed by atoms with Crippen molar-refractivity contribution in [1.29, 1.82) is 0 Å². The van der Waals surface area contributed by atoms with Crippen LogP contribution in [0.2, 0.25) is 0 Å². The zero-order valence-electron chi connectivity index (χ0n) is 13.9. The van der Waals surface area contributed by atoms with E-state index < -0.39 is 0 Å². The summed E-state index contributed by atoms with van der Waals surface area (Å²) in [6.45, 7) is 4.91. The smallest absolute Gasteiger partial charge is 0.230 e. The predicted molar refractivity (Wildman–Crippen MR) is 92.0 cm³/mol. The summed E-state index contributed by atoms with van der Waals surface area (Å²) in [7, 11) is 0. The Morgan fingerprint density at radius 2 is 1.87 bits per heavy atom. The highest BCUT2D eigenvalue weighted by Gasteiger charge is 2.28. The van der Waals surface area contributed by atoms with Crippen LogP contribution in [0.25, 0.3) is 0 Å². The first kappa shape index (κ1) is 18.5. The fourth-order valence-electron chi connectivity index (χ4n) is 2.89. The van der Waals surface area contributed by atoms with Crippen molar-refractivity contribution in [3.63, 3.8) is 0 Å². The van der Waals surface area contributed by atoms with Gasteiger partial charge >= 0.3 is 0 Å². The lowest BCUT2D eigenvalue weighted by Crippen LogP contribution is -2.39. The first-order valence-corrected chi connectivity index (χ1v) is 9.75. The summed E-state index contributed by atoms with van der Waals surface area (Å²) in [4.78, 5) is 25.3. The standard InChI is InChI=1S/C16H29N3O3S/c1-12-5-7-19(16(12)22)8-6-17-14(20)10-23-11-15(21)18-9-13-3-2-4-13/h12-13,16,22H,2-11H2,1H3,(H,17,20)(H,18,21)/t12-,16?/m1/s1. The Bertz CT molecular complexity index is 404. The molecule has 1 heterocycles. The molecule has 2 atom stereocenters. The maximum atomic E-state index is 11.7. The van der Waals surface area contributed by atoms with Crippen LogP contribution in [0.1, 0.15) is 32.6 Å². The summed E-state index contributed by atoms with van der Waals surface area (Å²) >= 11 is 1.34. The van der Waals surface area contributed by atoms with E-state index in [0.717, 1.165) is 19.5 Å². The molecule has 2 aliphatic rings. The number of rotatable bonds is 9. The monoisotopic (exact) mass is 343 g/mol. The molecule has 3 N–H and O–H groups in total. The number of likely N-dealkylation sites (tertiary alicyclic amines) is 1. The van der Waals surface area contributed by atoms with Crippen molar-refractivity contribution in [3.05, 3.63) is 0 Å². The van der Waals surface area contributed by atoms with E-state index in [0.29, 0.717) is 36.4 Å². The normalized spacial score (nSPS) is 25.1. The van der Waals surface area contributed by atoms with E-state index in [1.54, 1.807) is 0 Å². The Hall–Kier alpha value is -0.790. The van der Waals surface area contributed by atoms with E-state index >= 15 is 0 Å². The van der Waals surface area contributed by atoms with Gasteiger partial charge in [-0.3, -0.25) is 14.5 Å². The third kappa shape index (κ3) is 6.31. The van der Waals surface area contributed by atoms with Crippen molar-refractivity contribution >= 4 is 23.6 Å². The summed E-state index contributed by atoms with van der Waals surface area (Å²) < 4.78 is 0. The number of aliphatic hydroxyl groups excluding tert-OH is 1. The molecule has 132 valence electrons. The molecule has 0 aromatic rings. The van der Waals surface area contributed by atoms with Crippen molar-refractivity contribution in [2.75, 3.05) is 37.7 Å². The van der Waals surface area contributed by atoms with Gasteiger partial charge in [0.1, 0.15) is 6.23 Å². The fraction of sp³-hybridized carbons (Fsp3) is 0.875. The van der Waals surface area contributed by atoms with Crippen LogP contribution in [0, 0.1) is 11.8 Å². The quantitative estimate of drug-likeness (QED) is 0.565. The van der Waals surface area contributed by atoms with E-state index in [2.05, 4.69) is 10.6 Å². The van der Waals surface area contributed by atoms with E-state index in [4.69, 9.17) is 0 Å². The van der Waals surface area contributed by atoms with Crippen LogP contribution in [0.5, 0.6) is 0 Å². The highest BCUT2D eigenvalue weighted by atomic mass is 32.2. The van der Waals surface area contributed by atoms with Gasteiger partial charge in [0.25, 0.3) is 0 Å². The summed E-state index contributed by atoms with van der Waals surface area (Å²) in [5, 5.41) is 15.7. The molecule has 23 heavy (non-hydrogen) atoms. The van der Waals surface area contributed by atoms with Crippen molar-refractivity contribution in [1.82, 2.24) is 15.5 Å². The SMILES string of the molecule is C[C@@H]1CCN(CCNC(=O)CSCC(=O)NCC2CCC2)C1O. The van der Waals surface area contributed by atoms with Crippen LogP contribution in [-0.2, 0) is 9.59 Å². The summed E-state index contributed by atoms with van der Waals surface area (Å²) in [6, 6.07) is 0. The van der Waals surface area contributed by atoms with Gasteiger partial charge in [-0.25, -0.2) is 0 Å². The van der Waals surface area contributed by atoms with Crippen molar-refractivity contribution < 1.29 is 14.7 Å². The van der Waals surface area contributed by atoms with E-state index in [9.17, 15) is 14.7 Å². The molecule has 0 radical (unpaired) electrons. The second-order valence-electron chi connectivity index (χ2n) is 6.66. The topological polar surface area (TPSA) is 81.7 Å². The molecule has 0 bridgehead atoms.